The number of ether oxygens (including phenoxy) is 1. The van der Waals surface area contributed by atoms with E-state index >= 15 is 0 Å². The second-order valence-corrected chi connectivity index (χ2v) is 6.81. The molecule has 0 saturated heterocycles. The highest BCUT2D eigenvalue weighted by Crippen LogP contribution is 2.41. The molecule has 1 fully saturated rings. The van der Waals surface area contributed by atoms with Crippen LogP contribution >= 0.6 is 15.9 Å². The first-order valence-electron chi connectivity index (χ1n) is 7.54. The number of hydrogen-bond acceptors (Lipinski definition) is 2. The molecule has 2 aromatic carbocycles. The molecule has 2 aromatic rings. The second-order valence-electron chi connectivity index (χ2n) is 5.89. The van der Waals surface area contributed by atoms with Crippen LogP contribution in [-0.2, 0) is 13.0 Å². The maximum Gasteiger partial charge on any atom is 0.127 e. The molecule has 2 unspecified atom stereocenters. The summed E-state index contributed by atoms with van der Waals surface area (Å²) in [6, 6.07) is 15.7. The van der Waals surface area contributed by atoms with Crippen molar-refractivity contribution in [3.05, 3.63) is 63.6 Å². The van der Waals surface area contributed by atoms with Crippen molar-refractivity contribution in [1.29, 1.82) is 0 Å². The lowest BCUT2D eigenvalue weighted by Crippen LogP contribution is -2.17. The average Bonchev–Trinajstić information content (AvgIpc) is 3.13. The summed E-state index contributed by atoms with van der Waals surface area (Å²) < 4.78 is 6.94. The van der Waals surface area contributed by atoms with Crippen molar-refractivity contribution in [3.63, 3.8) is 0 Å². The van der Waals surface area contributed by atoms with E-state index < -0.39 is 0 Å². The summed E-state index contributed by atoms with van der Waals surface area (Å²) in [6.45, 7) is 1.70. The lowest BCUT2D eigenvalue weighted by Gasteiger charge is -2.10. The zero-order valence-corrected chi connectivity index (χ0v) is 13.4. The fraction of sp³-hybridized carbons (Fsp3) is 0.333. The summed E-state index contributed by atoms with van der Waals surface area (Å²) in [7, 11) is 0. The van der Waals surface area contributed by atoms with Gasteiger partial charge in [-0.25, -0.2) is 0 Å². The summed E-state index contributed by atoms with van der Waals surface area (Å²) in [5.41, 5.74) is 4.05. The number of benzene rings is 2. The molecule has 2 atom stereocenters. The first-order valence-corrected chi connectivity index (χ1v) is 8.33. The topological polar surface area (TPSA) is 21.3 Å². The minimum Gasteiger partial charge on any atom is -0.493 e. The number of halogens is 1. The van der Waals surface area contributed by atoms with Crippen LogP contribution in [-0.4, -0.2) is 12.6 Å². The van der Waals surface area contributed by atoms with Gasteiger partial charge < -0.3 is 10.1 Å². The van der Waals surface area contributed by atoms with Crippen molar-refractivity contribution in [3.8, 4) is 5.75 Å². The van der Waals surface area contributed by atoms with Crippen LogP contribution in [0, 0.1) is 0 Å². The van der Waals surface area contributed by atoms with Crippen molar-refractivity contribution < 1.29 is 4.74 Å². The highest BCUT2D eigenvalue weighted by Gasteiger charge is 2.37. The SMILES string of the molecule is Brc1cc2c(c(CNC3CC3c3ccccc3)c1)OCC2. The van der Waals surface area contributed by atoms with Gasteiger partial charge in [-0.2, -0.15) is 0 Å². The molecular formula is C18H18BrNO. The van der Waals surface area contributed by atoms with Crippen molar-refractivity contribution in [1.82, 2.24) is 5.32 Å². The quantitative estimate of drug-likeness (QED) is 0.904. The van der Waals surface area contributed by atoms with Gasteiger partial charge in [0.2, 0.25) is 0 Å². The van der Waals surface area contributed by atoms with Crippen LogP contribution in [0.1, 0.15) is 29.0 Å². The van der Waals surface area contributed by atoms with Gasteiger partial charge in [0.25, 0.3) is 0 Å². The summed E-state index contributed by atoms with van der Waals surface area (Å²) in [4.78, 5) is 0. The molecule has 108 valence electrons. The Morgan fingerprint density at radius 3 is 2.90 bits per heavy atom. The van der Waals surface area contributed by atoms with E-state index in [1.807, 2.05) is 0 Å². The monoisotopic (exact) mass is 343 g/mol. The Morgan fingerprint density at radius 1 is 1.19 bits per heavy atom. The van der Waals surface area contributed by atoms with Crippen LogP contribution in [0.4, 0.5) is 0 Å². The summed E-state index contributed by atoms with van der Waals surface area (Å²) in [6.07, 6.45) is 2.26. The third-order valence-corrected chi connectivity index (χ3v) is 4.86. The van der Waals surface area contributed by atoms with Gasteiger partial charge in [-0.1, -0.05) is 46.3 Å². The van der Waals surface area contributed by atoms with Crippen LogP contribution in [0.2, 0.25) is 0 Å². The van der Waals surface area contributed by atoms with Crippen molar-refractivity contribution in [2.75, 3.05) is 6.61 Å². The molecule has 21 heavy (non-hydrogen) atoms. The van der Waals surface area contributed by atoms with E-state index in [1.54, 1.807) is 0 Å². The van der Waals surface area contributed by atoms with Gasteiger partial charge in [-0.05, 0) is 29.7 Å². The molecule has 3 heteroatoms. The van der Waals surface area contributed by atoms with Crippen molar-refractivity contribution in [2.45, 2.75) is 31.3 Å². The summed E-state index contributed by atoms with van der Waals surface area (Å²) in [5.74, 6) is 1.77. The maximum absolute atomic E-state index is 5.79. The molecule has 0 amide bonds. The van der Waals surface area contributed by atoms with Crippen LogP contribution in [0.15, 0.2) is 46.9 Å². The normalized spacial score (nSPS) is 22.7. The van der Waals surface area contributed by atoms with E-state index in [2.05, 4.69) is 63.7 Å². The van der Waals surface area contributed by atoms with Gasteiger partial charge >= 0.3 is 0 Å². The Labute approximate surface area is 133 Å². The Balaban J connectivity index is 1.43. The predicted octanol–water partition coefficient (Wildman–Crippen LogP) is 4.03. The Morgan fingerprint density at radius 2 is 2.05 bits per heavy atom. The van der Waals surface area contributed by atoms with Crippen LogP contribution in [0.3, 0.4) is 0 Å². The first-order chi connectivity index (χ1) is 10.3. The fourth-order valence-electron chi connectivity index (χ4n) is 3.21. The van der Waals surface area contributed by atoms with Crippen molar-refractivity contribution >= 4 is 15.9 Å². The molecule has 0 radical (unpaired) electrons. The Kier molecular flexibility index (Phi) is 3.48. The zero-order valence-electron chi connectivity index (χ0n) is 11.8. The second kappa shape index (κ2) is 5.47. The molecule has 2 nitrogen and oxygen atoms in total. The number of nitrogens with one attached hydrogen (secondary N) is 1. The van der Waals surface area contributed by atoms with Gasteiger partial charge in [0.1, 0.15) is 5.75 Å². The molecule has 2 aliphatic rings. The number of hydrogen-bond donors (Lipinski definition) is 1. The molecule has 1 N–H and O–H groups in total. The largest absolute Gasteiger partial charge is 0.493 e. The predicted molar refractivity (Wildman–Crippen MR) is 87.8 cm³/mol. The van der Waals surface area contributed by atoms with Crippen LogP contribution in [0.5, 0.6) is 5.75 Å². The van der Waals surface area contributed by atoms with E-state index in [4.69, 9.17) is 4.74 Å². The third kappa shape index (κ3) is 2.72. The van der Waals surface area contributed by atoms with Gasteiger partial charge in [0.05, 0.1) is 6.61 Å². The van der Waals surface area contributed by atoms with Gasteiger partial charge in [0, 0.05) is 35.0 Å². The minimum atomic E-state index is 0.600. The van der Waals surface area contributed by atoms with Crippen LogP contribution in [0.25, 0.3) is 0 Å². The van der Waals surface area contributed by atoms with Gasteiger partial charge in [0.15, 0.2) is 0 Å². The summed E-state index contributed by atoms with van der Waals surface area (Å²) >= 11 is 3.60. The lowest BCUT2D eigenvalue weighted by atomic mass is 10.1. The van der Waals surface area contributed by atoms with Gasteiger partial charge in [-0.15, -0.1) is 0 Å². The molecule has 0 spiro atoms. The lowest BCUT2D eigenvalue weighted by molar-refractivity contribution is 0.352. The number of rotatable bonds is 4. The third-order valence-electron chi connectivity index (χ3n) is 4.40. The standard InChI is InChI=1S/C18H18BrNO/c19-15-8-13-6-7-21-18(13)14(9-15)11-20-17-10-16(17)12-4-2-1-3-5-12/h1-5,8-9,16-17,20H,6-7,10-11H2. The number of fused-ring (bicyclic) bond motifs is 1. The van der Waals surface area contributed by atoms with Gasteiger partial charge in [-0.3, -0.25) is 0 Å². The van der Waals surface area contributed by atoms with E-state index in [-0.39, 0.29) is 0 Å². The minimum absolute atomic E-state index is 0.600. The highest BCUT2D eigenvalue weighted by molar-refractivity contribution is 9.10. The molecule has 1 heterocycles. The smallest absolute Gasteiger partial charge is 0.127 e. The average molecular weight is 344 g/mol. The highest BCUT2D eigenvalue weighted by atomic mass is 79.9. The maximum atomic E-state index is 5.79. The molecule has 1 aliphatic carbocycles. The first kappa shape index (κ1) is 13.4. The molecule has 4 rings (SSSR count). The van der Waals surface area contributed by atoms with E-state index in [9.17, 15) is 0 Å². The summed E-state index contributed by atoms with van der Waals surface area (Å²) in [5, 5.41) is 3.68. The Bertz CT molecular complexity index is 656. The molecule has 0 aromatic heterocycles. The van der Waals surface area contributed by atoms with E-state index in [1.165, 1.54) is 23.1 Å². The van der Waals surface area contributed by atoms with E-state index in [0.29, 0.717) is 12.0 Å². The molecule has 0 bridgehead atoms. The molecule has 1 aliphatic heterocycles. The molecular weight excluding hydrogens is 326 g/mol. The van der Waals surface area contributed by atoms with E-state index in [0.717, 1.165) is 29.8 Å². The fourth-order valence-corrected chi connectivity index (χ4v) is 3.76. The van der Waals surface area contributed by atoms with Crippen molar-refractivity contribution in [2.24, 2.45) is 0 Å². The zero-order chi connectivity index (χ0) is 14.2. The Hall–Kier alpha value is -1.32. The molecule has 1 saturated carbocycles. The van der Waals surface area contributed by atoms with Crippen LogP contribution < -0.4 is 10.1 Å².